The van der Waals surface area contributed by atoms with Crippen LogP contribution < -0.4 is 10.6 Å². The molecule has 6 heteroatoms. The normalized spacial score (nSPS) is 12.3. The van der Waals surface area contributed by atoms with Crippen LogP contribution in [0.5, 0.6) is 0 Å². The van der Waals surface area contributed by atoms with E-state index in [9.17, 15) is 9.59 Å². The van der Waals surface area contributed by atoms with E-state index < -0.39 is 0 Å². The molecular formula is C21H27N3O2S. The van der Waals surface area contributed by atoms with Crippen molar-refractivity contribution >= 4 is 35.0 Å². The third-order valence-electron chi connectivity index (χ3n) is 3.70. The minimum atomic E-state index is -0.223. The van der Waals surface area contributed by atoms with Gasteiger partial charge in [0.2, 0.25) is 11.8 Å². The molecule has 1 unspecified atom stereocenters. The van der Waals surface area contributed by atoms with E-state index in [2.05, 4.69) is 15.6 Å². The molecule has 2 aromatic rings. The van der Waals surface area contributed by atoms with Gasteiger partial charge in [0.1, 0.15) is 0 Å². The summed E-state index contributed by atoms with van der Waals surface area (Å²) in [6.45, 7) is 8.09. The molecule has 2 N–H and O–H groups in total. The number of benzene rings is 1. The van der Waals surface area contributed by atoms with E-state index >= 15 is 0 Å². The second-order valence-electron chi connectivity index (χ2n) is 7.55. The number of nitrogens with one attached hydrogen (secondary N) is 2. The lowest BCUT2D eigenvalue weighted by Gasteiger charge is -2.18. The average Bonchev–Trinajstić information content (AvgIpc) is 2.59. The third kappa shape index (κ3) is 7.43. The third-order valence-corrected chi connectivity index (χ3v) is 5.06. The fourth-order valence-electron chi connectivity index (χ4n) is 2.48. The topological polar surface area (TPSA) is 71.1 Å². The van der Waals surface area contributed by atoms with Crippen molar-refractivity contribution in [1.29, 1.82) is 0 Å². The molecule has 1 atom stereocenters. The number of aromatic nitrogens is 1. The zero-order chi connectivity index (χ0) is 19.9. The van der Waals surface area contributed by atoms with Crippen LogP contribution in [0.2, 0.25) is 0 Å². The summed E-state index contributed by atoms with van der Waals surface area (Å²) in [4.78, 5) is 29.6. The largest absolute Gasteiger partial charge is 0.326 e. The number of anilines is 2. The average molecular weight is 386 g/mol. The van der Waals surface area contributed by atoms with Gasteiger partial charge in [0.25, 0.3) is 0 Å². The molecule has 1 heterocycles. The highest BCUT2D eigenvalue weighted by atomic mass is 32.2. The molecule has 0 fully saturated rings. The van der Waals surface area contributed by atoms with Crippen LogP contribution in [0.25, 0.3) is 0 Å². The molecule has 0 bridgehead atoms. The molecule has 2 rings (SSSR count). The Kier molecular flexibility index (Phi) is 7.42. The van der Waals surface area contributed by atoms with Crippen LogP contribution in [0, 0.1) is 5.41 Å². The molecule has 5 nitrogen and oxygen atoms in total. The summed E-state index contributed by atoms with van der Waals surface area (Å²) in [5.41, 5.74) is 1.42. The number of nitrogens with zero attached hydrogens (tertiary/aromatic N) is 1. The Hall–Kier alpha value is -2.34. The second-order valence-corrected chi connectivity index (χ2v) is 8.83. The van der Waals surface area contributed by atoms with E-state index in [1.165, 1.54) is 11.8 Å². The molecule has 1 aromatic carbocycles. The Balaban J connectivity index is 2.00. The first-order chi connectivity index (χ1) is 12.8. The molecule has 0 aliphatic heterocycles. The van der Waals surface area contributed by atoms with E-state index in [1.807, 2.05) is 52.0 Å². The van der Waals surface area contributed by atoms with E-state index in [4.69, 9.17) is 0 Å². The summed E-state index contributed by atoms with van der Waals surface area (Å²) < 4.78 is 0. The summed E-state index contributed by atoms with van der Waals surface area (Å²) >= 11 is 1.49. The van der Waals surface area contributed by atoms with Gasteiger partial charge < -0.3 is 10.6 Å². The predicted molar refractivity (Wildman–Crippen MR) is 112 cm³/mol. The SMILES string of the molecule is CCC(Sc1cccc(NC(=O)CC(C)(C)C)c1)C(=O)Nc1ccncc1. The number of thioether (sulfide) groups is 1. The van der Waals surface area contributed by atoms with Crippen molar-refractivity contribution in [3.8, 4) is 0 Å². The minimum Gasteiger partial charge on any atom is -0.326 e. The fraction of sp³-hybridized carbons (Fsp3) is 0.381. The lowest BCUT2D eigenvalue weighted by atomic mass is 9.92. The fourth-order valence-corrected chi connectivity index (χ4v) is 3.49. The first-order valence-corrected chi connectivity index (χ1v) is 9.92. The first-order valence-electron chi connectivity index (χ1n) is 9.04. The Bertz CT molecular complexity index is 772. The smallest absolute Gasteiger partial charge is 0.237 e. The monoisotopic (exact) mass is 385 g/mol. The minimum absolute atomic E-state index is 0.00729. The Morgan fingerprint density at radius 2 is 1.78 bits per heavy atom. The molecule has 0 aliphatic carbocycles. The van der Waals surface area contributed by atoms with Gasteiger partial charge in [-0.05, 0) is 42.2 Å². The number of hydrogen-bond donors (Lipinski definition) is 2. The van der Waals surface area contributed by atoms with Crippen molar-refractivity contribution in [2.24, 2.45) is 5.41 Å². The van der Waals surface area contributed by atoms with Crippen molar-refractivity contribution < 1.29 is 9.59 Å². The number of rotatable bonds is 7. The van der Waals surface area contributed by atoms with Gasteiger partial charge in [-0.15, -0.1) is 11.8 Å². The lowest BCUT2D eigenvalue weighted by molar-refractivity contribution is -0.118. The van der Waals surface area contributed by atoms with Crippen molar-refractivity contribution in [3.05, 3.63) is 48.8 Å². The van der Waals surface area contributed by atoms with Gasteiger partial charge in [-0.1, -0.05) is 33.8 Å². The maximum absolute atomic E-state index is 12.5. The summed E-state index contributed by atoms with van der Waals surface area (Å²) in [5, 5.41) is 5.63. The van der Waals surface area contributed by atoms with Crippen LogP contribution in [-0.2, 0) is 9.59 Å². The highest BCUT2D eigenvalue weighted by Gasteiger charge is 2.19. The van der Waals surface area contributed by atoms with Gasteiger partial charge in [0.05, 0.1) is 5.25 Å². The predicted octanol–water partition coefficient (Wildman–Crippen LogP) is 4.97. The Labute approximate surface area is 165 Å². The van der Waals surface area contributed by atoms with Gasteiger partial charge in [0, 0.05) is 35.1 Å². The van der Waals surface area contributed by atoms with E-state index in [0.717, 1.165) is 16.3 Å². The summed E-state index contributed by atoms with van der Waals surface area (Å²) in [5.74, 6) is -0.0528. The first kappa shape index (κ1) is 21.0. The van der Waals surface area contributed by atoms with Crippen LogP contribution in [0.4, 0.5) is 11.4 Å². The number of amides is 2. The highest BCUT2D eigenvalue weighted by molar-refractivity contribution is 8.00. The van der Waals surface area contributed by atoms with E-state index in [0.29, 0.717) is 12.8 Å². The Morgan fingerprint density at radius 3 is 2.41 bits per heavy atom. The van der Waals surface area contributed by atoms with Gasteiger partial charge in [-0.25, -0.2) is 0 Å². The van der Waals surface area contributed by atoms with Crippen LogP contribution in [0.3, 0.4) is 0 Å². The van der Waals surface area contributed by atoms with Crippen molar-refractivity contribution in [3.63, 3.8) is 0 Å². The molecule has 0 saturated carbocycles. The Morgan fingerprint density at radius 1 is 1.07 bits per heavy atom. The summed E-state index contributed by atoms with van der Waals surface area (Å²) in [6.07, 6.45) is 4.44. The molecule has 144 valence electrons. The number of carbonyl (C=O) groups excluding carboxylic acids is 2. The molecule has 0 radical (unpaired) electrons. The van der Waals surface area contributed by atoms with Gasteiger partial charge in [-0.3, -0.25) is 14.6 Å². The molecular weight excluding hydrogens is 358 g/mol. The van der Waals surface area contributed by atoms with Crippen LogP contribution in [-0.4, -0.2) is 22.0 Å². The maximum Gasteiger partial charge on any atom is 0.237 e. The summed E-state index contributed by atoms with van der Waals surface area (Å²) in [7, 11) is 0. The van der Waals surface area contributed by atoms with E-state index in [1.54, 1.807) is 24.5 Å². The lowest BCUT2D eigenvalue weighted by Crippen LogP contribution is -2.24. The van der Waals surface area contributed by atoms with Gasteiger partial charge in [0.15, 0.2) is 0 Å². The number of carbonyl (C=O) groups is 2. The van der Waals surface area contributed by atoms with Gasteiger partial charge in [-0.2, -0.15) is 0 Å². The van der Waals surface area contributed by atoms with E-state index in [-0.39, 0.29) is 22.5 Å². The molecule has 2 amide bonds. The molecule has 0 aliphatic rings. The van der Waals surface area contributed by atoms with Crippen LogP contribution >= 0.6 is 11.8 Å². The number of pyridine rings is 1. The van der Waals surface area contributed by atoms with Crippen LogP contribution in [0.1, 0.15) is 40.5 Å². The van der Waals surface area contributed by atoms with Crippen molar-refractivity contribution in [2.75, 3.05) is 10.6 Å². The van der Waals surface area contributed by atoms with Crippen molar-refractivity contribution in [1.82, 2.24) is 4.98 Å². The summed E-state index contributed by atoms with van der Waals surface area (Å²) in [6, 6.07) is 11.1. The zero-order valence-corrected chi connectivity index (χ0v) is 17.1. The zero-order valence-electron chi connectivity index (χ0n) is 16.3. The standard InChI is InChI=1S/C21H27N3O2S/c1-5-18(20(26)24-15-9-11-22-12-10-15)27-17-8-6-7-16(13-17)23-19(25)14-21(2,3)4/h6-13,18H,5,14H2,1-4H3,(H,23,25)(H,22,24,26). The molecule has 27 heavy (non-hydrogen) atoms. The molecule has 1 aromatic heterocycles. The highest BCUT2D eigenvalue weighted by Crippen LogP contribution is 2.29. The number of hydrogen-bond acceptors (Lipinski definition) is 4. The second kappa shape index (κ2) is 9.55. The van der Waals surface area contributed by atoms with Crippen LogP contribution in [0.15, 0.2) is 53.7 Å². The molecule has 0 spiro atoms. The maximum atomic E-state index is 12.5. The quantitative estimate of drug-likeness (QED) is 0.661. The van der Waals surface area contributed by atoms with Gasteiger partial charge >= 0.3 is 0 Å². The van der Waals surface area contributed by atoms with Crippen molar-refractivity contribution in [2.45, 2.75) is 50.7 Å². The molecule has 0 saturated heterocycles.